The number of nitrogens with zero attached hydrogens (tertiary/aromatic N) is 4. The van der Waals surface area contributed by atoms with E-state index in [1.54, 1.807) is 79.8 Å². The molecule has 1 aliphatic carbocycles. The molecule has 5 rings (SSSR count). The predicted molar refractivity (Wildman–Crippen MR) is 384 cm³/mol. The van der Waals surface area contributed by atoms with Gasteiger partial charge >= 0.3 is 18.1 Å². The van der Waals surface area contributed by atoms with Gasteiger partial charge in [0.1, 0.15) is 42.4 Å². The van der Waals surface area contributed by atoms with E-state index in [9.17, 15) is 76.5 Å². The van der Waals surface area contributed by atoms with Crippen molar-refractivity contribution in [3.05, 3.63) is 65.2 Å². The molecule has 104 heavy (non-hydrogen) atoms. The van der Waals surface area contributed by atoms with Crippen molar-refractivity contribution in [1.29, 1.82) is 0 Å². The average molecular weight is 1480 g/mol. The van der Waals surface area contributed by atoms with Crippen LogP contribution in [0.15, 0.2) is 42.5 Å². The van der Waals surface area contributed by atoms with Crippen LogP contribution in [0.1, 0.15) is 157 Å². The van der Waals surface area contributed by atoms with Gasteiger partial charge in [0.15, 0.2) is 0 Å². The molecule has 0 spiro atoms. The van der Waals surface area contributed by atoms with Gasteiger partial charge in [0.25, 0.3) is 0 Å². The zero-order valence-electron chi connectivity index (χ0n) is 62.4. The number of carbonyl (C=O) groups is 12. The number of aliphatic hydroxyl groups is 1. The number of halogens is 2. The van der Waals surface area contributed by atoms with Crippen LogP contribution in [0.4, 0.5) is 24.1 Å². The third-order valence-corrected chi connectivity index (χ3v) is 21.4. The number of carboxylic acids is 1. The summed E-state index contributed by atoms with van der Waals surface area (Å²) in [6.07, 6.45) is -0.0222. The molecule has 28 nitrogen and oxygen atoms in total. The van der Waals surface area contributed by atoms with Crippen LogP contribution in [0.5, 0.6) is 0 Å². The van der Waals surface area contributed by atoms with Gasteiger partial charge in [-0.05, 0) is 110 Å². The summed E-state index contributed by atoms with van der Waals surface area (Å²) in [5, 5.41) is 36.0. The second-order valence-corrected chi connectivity index (χ2v) is 30.1. The Balaban J connectivity index is 1.15. The van der Waals surface area contributed by atoms with Crippen LogP contribution in [0.3, 0.4) is 0 Å². The molecule has 3 aliphatic rings. The average Bonchev–Trinajstić information content (AvgIpc) is 1.70. The minimum atomic E-state index is -1.15. The largest absolute Gasteiger partial charge is 0.481 e. The maximum absolute atomic E-state index is 14.8. The van der Waals surface area contributed by atoms with E-state index in [0.717, 1.165) is 29.9 Å². The number of likely N-dealkylation sites (tertiary alicyclic amines) is 2. The molecule has 1 saturated carbocycles. The number of carboxylic acid groups (broad SMARTS) is 1. The van der Waals surface area contributed by atoms with Gasteiger partial charge < -0.3 is 71.9 Å². The fourth-order valence-electron chi connectivity index (χ4n) is 13.4. The number of anilines is 1. The zero-order chi connectivity index (χ0) is 77.4. The molecular weight excluding hydrogens is 1370 g/mol. The molecule has 0 bridgehead atoms. The van der Waals surface area contributed by atoms with E-state index in [2.05, 4.69) is 31.9 Å². The molecule has 2 aromatic rings. The minimum absolute atomic E-state index is 0.0376. The van der Waals surface area contributed by atoms with Crippen molar-refractivity contribution in [2.75, 3.05) is 65.6 Å². The van der Waals surface area contributed by atoms with E-state index in [-0.39, 0.29) is 113 Å². The standard InChI is InChI=1S/C73H111F2N11O17S/c1-14-44(8)63(54(101-12)35-57(89)86-38-48(87)34-53(86)64(102-13)45(9)65(93)77-32-28-49-50(74)20-18-21-51(49)75)83(10)70(98)61(42(4)5)82-68(96)62(43(6)7)84(11)72(100)103-39-46-24-26-47(27-25-46)79-66(94)52(22-19-31-78-71(76)99)80-67(95)60(41(2)3)81-56(88)23-16-15-17-33-85-58(90)36-55(69(85)97)104-40-73(29-30-73)37-59(91)92/h18,20-21,24-27,41-45,48,52-55,60-64,87H,14-17,19,22-23,28-40H2,1-13H3,(H,77,93)(H,79,94)(H,80,95)(H,81,88)(H,82,96)(H,91,92)(H3,76,78,99)/t44-,45+,48-,52-,53-,54+,55?,60-,61-,62-,63-,64+/m0/s1. The number of thioether (sulfide) groups is 1. The van der Waals surface area contributed by atoms with Crippen LogP contribution >= 0.6 is 11.8 Å². The molecular formula is C73H111F2N11O17S. The van der Waals surface area contributed by atoms with Crippen LogP contribution < -0.4 is 37.6 Å². The summed E-state index contributed by atoms with van der Waals surface area (Å²) in [7, 11) is 5.78. The Kier molecular flexibility index (Phi) is 34.2. The number of amides is 12. The number of hydrogen-bond donors (Lipinski definition) is 9. The second-order valence-electron chi connectivity index (χ2n) is 28.9. The Morgan fingerprint density at radius 2 is 1.42 bits per heavy atom. The van der Waals surface area contributed by atoms with Gasteiger partial charge in [0, 0.05) is 84.3 Å². The number of unbranched alkanes of at least 4 members (excludes halogenated alkanes) is 2. The number of nitrogens with one attached hydrogen (secondary N) is 6. The minimum Gasteiger partial charge on any atom is -0.481 e. The molecule has 12 amide bonds. The third-order valence-electron chi connectivity index (χ3n) is 19.9. The number of aliphatic carboxylic acids is 1. The first-order valence-corrected chi connectivity index (χ1v) is 37.0. The molecule has 3 fully saturated rings. The van der Waals surface area contributed by atoms with Crippen molar-refractivity contribution in [2.45, 2.75) is 219 Å². The number of urea groups is 1. The van der Waals surface area contributed by atoms with Crippen molar-refractivity contribution in [3.8, 4) is 0 Å². The molecule has 10 N–H and O–H groups in total. The molecule has 12 atom stereocenters. The van der Waals surface area contributed by atoms with Gasteiger partial charge in [-0.2, -0.15) is 0 Å². The number of primary amides is 1. The number of aliphatic hydroxyl groups excluding tert-OH is 1. The van der Waals surface area contributed by atoms with Crippen molar-refractivity contribution in [3.63, 3.8) is 0 Å². The van der Waals surface area contributed by atoms with Crippen molar-refractivity contribution in [2.24, 2.45) is 40.7 Å². The van der Waals surface area contributed by atoms with Crippen LogP contribution in [-0.4, -0.2) is 221 Å². The number of hydrogen-bond acceptors (Lipinski definition) is 17. The monoisotopic (exact) mass is 1480 g/mol. The topological polar surface area (TPSA) is 384 Å². The molecule has 31 heteroatoms. The highest BCUT2D eigenvalue weighted by atomic mass is 32.2. The molecule has 580 valence electrons. The first-order valence-electron chi connectivity index (χ1n) is 36.0. The lowest BCUT2D eigenvalue weighted by atomic mass is 9.89. The van der Waals surface area contributed by atoms with E-state index in [0.29, 0.717) is 42.7 Å². The Bertz CT molecular complexity index is 3270. The van der Waals surface area contributed by atoms with Gasteiger partial charge in [-0.1, -0.05) is 93.4 Å². The number of rotatable bonds is 43. The molecule has 0 radical (unpaired) electrons. The van der Waals surface area contributed by atoms with Crippen LogP contribution in [0.2, 0.25) is 0 Å². The summed E-state index contributed by atoms with van der Waals surface area (Å²) >= 11 is 1.34. The maximum Gasteiger partial charge on any atom is 0.410 e. The maximum atomic E-state index is 14.8. The van der Waals surface area contributed by atoms with Gasteiger partial charge in [0.2, 0.25) is 53.2 Å². The number of ether oxygens (including phenoxy) is 3. The molecule has 2 saturated heterocycles. The fraction of sp³-hybridized carbons (Fsp3) is 0.671. The molecule has 2 heterocycles. The molecule has 2 aliphatic heterocycles. The van der Waals surface area contributed by atoms with Crippen molar-refractivity contribution < 1.29 is 90.7 Å². The smallest absolute Gasteiger partial charge is 0.410 e. The number of imide groups is 1. The predicted octanol–water partition coefficient (Wildman–Crippen LogP) is 5.64. The molecule has 1 unspecified atom stereocenters. The highest BCUT2D eigenvalue weighted by molar-refractivity contribution is 8.00. The lowest BCUT2D eigenvalue weighted by molar-refractivity contribution is -0.148. The zero-order valence-corrected chi connectivity index (χ0v) is 63.2. The summed E-state index contributed by atoms with van der Waals surface area (Å²) in [6, 6.07) is 3.06. The highest BCUT2D eigenvalue weighted by Gasteiger charge is 2.48. The van der Waals surface area contributed by atoms with Gasteiger partial charge in [-0.3, -0.25) is 57.7 Å². The SMILES string of the molecule is CC[C@H](C)[C@@H]([C@@H](CC(=O)N1C[C@@H](O)C[C@H]1[C@H](OC)[C@@H](C)C(=O)NCCc1c(F)cccc1F)OC)N(C)C(=O)[C@@H](NC(=O)[C@H](C(C)C)N(C)C(=O)OCc1ccc(NC(=O)[C@H](CCCNC(N)=O)NC(=O)[C@@H](NC(=O)CCCCCN2C(=O)CC(SCC3(CC(=O)O)CC3)C2=O)C(C)C)cc1)C(C)C. The Hall–Kier alpha value is -8.03. The van der Waals surface area contributed by atoms with E-state index >= 15 is 0 Å². The van der Waals surface area contributed by atoms with Gasteiger partial charge in [-0.15, -0.1) is 11.8 Å². The lowest BCUT2D eigenvalue weighted by Gasteiger charge is -2.41. The first-order chi connectivity index (χ1) is 49.1. The van der Waals surface area contributed by atoms with E-state index in [4.69, 9.17) is 19.9 Å². The molecule has 0 aromatic heterocycles. The van der Waals surface area contributed by atoms with Crippen molar-refractivity contribution >= 4 is 88.7 Å². The number of carbonyl (C=O) groups excluding carboxylic acids is 11. The van der Waals surface area contributed by atoms with Crippen LogP contribution in [0, 0.1) is 46.6 Å². The highest BCUT2D eigenvalue weighted by Crippen LogP contribution is 2.52. The van der Waals surface area contributed by atoms with Gasteiger partial charge in [-0.25, -0.2) is 18.4 Å². The Morgan fingerprint density at radius 3 is 2.00 bits per heavy atom. The number of likely N-dealkylation sites (N-methyl/N-ethyl adjacent to an activating group) is 2. The van der Waals surface area contributed by atoms with Crippen molar-refractivity contribution in [1.82, 2.24) is 46.2 Å². The first kappa shape index (κ1) is 86.6. The number of methoxy groups -OCH3 is 2. The normalized spacial score (nSPS) is 18.9. The summed E-state index contributed by atoms with van der Waals surface area (Å²) in [4.78, 5) is 166. The quantitative estimate of drug-likeness (QED) is 0.0286. The molecule has 2 aromatic carbocycles. The summed E-state index contributed by atoms with van der Waals surface area (Å²) in [5.74, 6) is -8.68. The van der Waals surface area contributed by atoms with E-state index < -0.39 is 155 Å². The number of nitrogens with two attached hydrogens (primary N) is 1. The van der Waals surface area contributed by atoms with Gasteiger partial charge in [0.05, 0.1) is 54.4 Å². The fourth-order valence-corrected chi connectivity index (χ4v) is 14.9. The van der Waals surface area contributed by atoms with Crippen LogP contribution in [0.25, 0.3) is 0 Å². The number of β-amino-alcohol motifs (C(OH)–C–C–N with tert-alkyl or cyclic N) is 1. The van der Waals surface area contributed by atoms with E-state index in [1.807, 2.05) is 13.8 Å². The van der Waals surface area contributed by atoms with E-state index in [1.165, 1.54) is 53.8 Å². The van der Waals surface area contributed by atoms with Crippen LogP contribution in [-0.2, 0) is 75.2 Å². The lowest BCUT2D eigenvalue weighted by Crippen LogP contribution is -2.60. The Morgan fingerprint density at radius 1 is 0.769 bits per heavy atom. The summed E-state index contributed by atoms with van der Waals surface area (Å²) in [6.45, 7) is 15.7. The number of benzene rings is 2. The summed E-state index contributed by atoms with van der Waals surface area (Å²) < 4.78 is 46.2. The second kappa shape index (κ2) is 41.0. The third kappa shape index (κ3) is 25.1. The summed E-state index contributed by atoms with van der Waals surface area (Å²) in [5.41, 5.74) is 5.58. The Labute approximate surface area is 613 Å².